The summed E-state index contributed by atoms with van der Waals surface area (Å²) in [7, 11) is 3.94. The molecule has 10 heteroatoms. The molecule has 1 saturated heterocycles. The Bertz CT molecular complexity index is 965. The van der Waals surface area contributed by atoms with Crippen molar-refractivity contribution in [1.29, 1.82) is 0 Å². The van der Waals surface area contributed by atoms with Gasteiger partial charge in [0.05, 0.1) is 10.0 Å². The molecule has 3 rings (SSSR count). The minimum Gasteiger partial charge on any atom is -0.490 e. The van der Waals surface area contributed by atoms with Crippen molar-refractivity contribution < 1.29 is 23.4 Å². The lowest BCUT2D eigenvalue weighted by Crippen LogP contribution is -2.46. The highest BCUT2D eigenvalue weighted by Gasteiger charge is 2.36. The first-order chi connectivity index (χ1) is 16.7. The molecule has 0 saturated carbocycles. The third-order valence-electron chi connectivity index (χ3n) is 5.61. The van der Waals surface area contributed by atoms with Crippen LogP contribution < -0.4 is 14.2 Å². The highest BCUT2D eigenvalue weighted by molar-refractivity contribution is 7.98. The van der Waals surface area contributed by atoms with E-state index < -0.39 is 5.60 Å². The van der Waals surface area contributed by atoms with Crippen molar-refractivity contribution in [2.75, 3.05) is 33.9 Å². The molecule has 2 aromatic rings. The van der Waals surface area contributed by atoms with Crippen molar-refractivity contribution in [3.8, 4) is 11.5 Å². The number of amides is 1. The molecule has 0 aliphatic carbocycles. The lowest BCUT2D eigenvalue weighted by molar-refractivity contribution is -0.148. The Kier molecular flexibility index (Phi) is 10.4. The van der Waals surface area contributed by atoms with E-state index in [2.05, 4.69) is 4.72 Å². The molecule has 6 nitrogen and oxygen atoms in total. The van der Waals surface area contributed by atoms with E-state index in [4.69, 9.17) is 37.4 Å². The van der Waals surface area contributed by atoms with Crippen LogP contribution in [0.5, 0.6) is 11.5 Å². The molecule has 2 aromatic carbocycles. The number of nitrogens with zero attached hydrogens (tertiary/aromatic N) is 1. The van der Waals surface area contributed by atoms with E-state index in [1.165, 1.54) is 12.1 Å². The van der Waals surface area contributed by atoms with Crippen LogP contribution >= 0.6 is 35.1 Å². The molecule has 0 spiro atoms. The van der Waals surface area contributed by atoms with Crippen LogP contribution in [-0.4, -0.2) is 56.4 Å². The van der Waals surface area contributed by atoms with Crippen LogP contribution in [-0.2, 0) is 9.53 Å². The summed E-state index contributed by atoms with van der Waals surface area (Å²) in [6.07, 6.45) is 2.92. The summed E-state index contributed by atoms with van der Waals surface area (Å²) >= 11 is 14.2. The van der Waals surface area contributed by atoms with Crippen molar-refractivity contribution in [3.63, 3.8) is 0 Å². The molecular formula is C25H31Cl2FN2O4S. The summed E-state index contributed by atoms with van der Waals surface area (Å²) in [5, 5.41) is 0.650. The molecule has 1 heterocycles. The number of hydrogen-bond acceptors (Lipinski definition) is 6. The van der Waals surface area contributed by atoms with Gasteiger partial charge in [0.25, 0.3) is 5.91 Å². The summed E-state index contributed by atoms with van der Waals surface area (Å²) in [6, 6.07) is 9.21. The Hall–Kier alpha value is -1.71. The first-order valence-electron chi connectivity index (χ1n) is 11.5. The maximum atomic E-state index is 13.2. The number of benzene rings is 2. The van der Waals surface area contributed by atoms with E-state index >= 15 is 0 Å². The van der Waals surface area contributed by atoms with Crippen molar-refractivity contribution in [2.45, 2.75) is 49.2 Å². The minimum absolute atomic E-state index is 0.184. The molecule has 1 aliphatic rings. The fraction of sp³-hybridized carbons (Fsp3) is 0.480. The molecule has 2 unspecified atom stereocenters. The Morgan fingerprint density at radius 2 is 1.91 bits per heavy atom. The van der Waals surface area contributed by atoms with Crippen LogP contribution in [0.15, 0.2) is 41.3 Å². The third kappa shape index (κ3) is 8.43. The molecule has 0 bridgehead atoms. The number of ether oxygens (including phenoxy) is 3. The molecular weight excluding hydrogens is 514 g/mol. The quantitative estimate of drug-likeness (QED) is 0.350. The van der Waals surface area contributed by atoms with Gasteiger partial charge in [-0.1, -0.05) is 23.2 Å². The monoisotopic (exact) mass is 544 g/mol. The standard InChI is InChI=1S/C25H31Cl2FN2O4S/c1-25(11-4-5-13-33-25)24(31)29-35-20-14-21(26)23(22(27)15-20)34-19(10-12-30(2)3)16-32-18-8-6-17(28)7-9-18/h6-9,14-15,19H,4-5,10-13,16H2,1-3H3,(H,29,31). The van der Waals surface area contributed by atoms with Crippen LogP contribution in [0.4, 0.5) is 4.39 Å². The SMILES string of the molecule is CN(C)CCC(COc1ccc(F)cc1)Oc1c(Cl)cc(SNC(=O)C2(C)CCCCO2)cc1Cl. The van der Waals surface area contributed by atoms with Gasteiger partial charge in [0.2, 0.25) is 0 Å². The summed E-state index contributed by atoms with van der Waals surface area (Å²) in [4.78, 5) is 15.3. The first kappa shape index (κ1) is 27.9. The number of nitrogens with one attached hydrogen (secondary N) is 1. The van der Waals surface area contributed by atoms with Gasteiger partial charge in [0.15, 0.2) is 5.75 Å². The second-order valence-electron chi connectivity index (χ2n) is 8.88. The van der Waals surface area contributed by atoms with Gasteiger partial charge in [0, 0.05) is 24.5 Å². The first-order valence-corrected chi connectivity index (χ1v) is 13.0. The van der Waals surface area contributed by atoms with Gasteiger partial charge in [0.1, 0.15) is 29.9 Å². The topological polar surface area (TPSA) is 60.0 Å². The highest BCUT2D eigenvalue weighted by atomic mass is 35.5. The zero-order valence-corrected chi connectivity index (χ0v) is 22.4. The van der Waals surface area contributed by atoms with Gasteiger partial charge in [-0.3, -0.25) is 9.52 Å². The van der Waals surface area contributed by atoms with Crippen LogP contribution in [0.25, 0.3) is 0 Å². The van der Waals surface area contributed by atoms with Crippen LogP contribution in [0.2, 0.25) is 10.0 Å². The predicted octanol–water partition coefficient (Wildman–Crippen LogP) is 5.99. The fourth-order valence-corrected chi connectivity index (χ4v) is 4.99. The zero-order chi connectivity index (χ0) is 25.4. The highest BCUT2D eigenvalue weighted by Crippen LogP contribution is 2.38. The van der Waals surface area contributed by atoms with Gasteiger partial charge in [-0.2, -0.15) is 0 Å². The van der Waals surface area contributed by atoms with Crippen LogP contribution in [0.3, 0.4) is 0 Å². The number of halogens is 3. The van der Waals surface area contributed by atoms with Gasteiger partial charge >= 0.3 is 0 Å². The Balaban J connectivity index is 1.64. The van der Waals surface area contributed by atoms with E-state index in [0.717, 1.165) is 31.3 Å². The molecule has 192 valence electrons. The van der Waals surface area contributed by atoms with E-state index in [0.29, 0.717) is 45.9 Å². The smallest absolute Gasteiger partial charge is 0.262 e. The number of carbonyl (C=O) groups excluding carboxylic acids is 1. The average molecular weight is 546 g/mol. The Labute approximate surface area is 220 Å². The van der Waals surface area contributed by atoms with Gasteiger partial charge in [-0.15, -0.1) is 0 Å². The minimum atomic E-state index is -0.827. The van der Waals surface area contributed by atoms with Crippen LogP contribution in [0, 0.1) is 5.82 Å². The largest absolute Gasteiger partial charge is 0.490 e. The molecule has 1 N–H and O–H groups in total. The summed E-state index contributed by atoms with van der Waals surface area (Å²) in [5.74, 6) is 0.375. The predicted molar refractivity (Wildman–Crippen MR) is 138 cm³/mol. The number of hydrogen-bond donors (Lipinski definition) is 1. The molecule has 1 aliphatic heterocycles. The normalized spacial score (nSPS) is 18.8. The van der Waals surface area contributed by atoms with E-state index in [-0.39, 0.29) is 24.4 Å². The maximum Gasteiger partial charge on any atom is 0.262 e. The number of rotatable bonds is 11. The molecule has 2 atom stereocenters. The second-order valence-corrected chi connectivity index (χ2v) is 10.6. The van der Waals surface area contributed by atoms with Crippen molar-refractivity contribution in [1.82, 2.24) is 9.62 Å². The number of carbonyl (C=O) groups is 1. The zero-order valence-electron chi connectivity index (χ0n) is 20.1. The van der Waals surface area contributed by atoms with E-state index in [9.17, 15) is 9.18 Å². The third-order valence-corrected chi connectivity index (χ3v) is 6.94. The van der Waals surface area contributed by atoms with Gasteiger partial charge < -0.3 is 19.1 Å². The van der Waals surface area contributed by atoms with Gasteiger partial charge in [-0.25, -0.2) is 4.39 Å². The van der Waals surface area contributed by atoms with E-state index in [1.54, 1.807) is 31.2 Å². The molecule has 1 fully saturated rings. The van der Waals surface area contributed by atoms with Crippen LogP contribution in [0.1, 0.15) is 32.6 Å². The van der Waals surface area contributed by atoms with Crippen molar-refractivity contribution in [2.24, 2.45) is 0 Å². The Morgan fingerprint density at radius 3 is 2.51 bits per heavy atom. The second kappa shape index (κ2) is 13.0. The van der Waals surface area contributed by atoms with E-state index in [1.807, 2.05) is 19.0 Å². The van der Waals surface area contributed by atoms with Crippen molar-refractivity contribution in [3.05, 3.63) is 52.3 Å². The lowest BCUT2D eigenvalue weighted by Gasteiger charge is -2.32. The summed E-state index contributed by atoms with van der Waals surface area (Å²) in [5.41, 5.74) is -0.827. The maximum absolute atomic E-state index is 13.2. The molecule has 1 amide bonds. The molecule has 35 heavy (non-hydrogen) atoms. The Morgan fingerprint density at radius 1 is 1.23 bits per heavy atom. The summed E-state index contributed by atoms with van der Waals surface area (Å²) < 4.78 is 33.7. The average Bonchev–Trinajstić information content (AvgIpc) is 2.82. The summed E-state index contributed by atoms with van der Waals surface area (Å²) in [6.45, 7) is 3.38. The van der Waals surface area contributed by atoms with Crippen molar-refractivity contribution >= 4 is 41.1 Å². The fourth-order valence-electron chi connectivity index (χ4n) is 3.50. The lowest BCUT2D eigenvalue weighted by atomic mass is 9.95. The molecule has 0 radical (unpaired) electrons. The molecule has 0 aromatic heterocycles. The van der Waals surface area contributed by atoms with Gasteiger partial charge in [-0.05, 0) is 88.6 Å².